The molecule has 9 fully saturated rings. The number of carbonyl (C=O) groups is 4. The first-order valence-corrected chi connectivity index (χ1v) is 36.0. The van der Waals surface area contributed by atoms with Gasteiger partial charge in [0.05, 0.1) is 71.6 Å². The lowest BCUT2D eigenvalue weighted by Crippen LogP contribution is -2.71. The fourth-order valence-corrected chi connectivity index (χ4v) is 14.7. The van der Waals surface area contributed by atoms with E-state index in [0.717, 1.165) is 27.7 Å². The Hall–Kier alpha value is -3.76. The maximum Gasteiger partial charge on any atom is 0.217 e. The summed E-state index contributed by atoms with van der Waals surface area (Å²) in [5, 5.41) is 277. The Morgan fingerprint density at radius 3 is 0.839 bits per heavy atom. The van der Waals surface area contributed by atoms with Crippen molar-refractivity contribution in [2.24, 2.45) is 0 Å². The van der Waals surface area contributed by atoms with Crippen molar-refractivity contribution in [1.29, 1.82) is 0 Å². The van der Waals surface area contributed by atoms with Gasteiger partial charge in [0, 0.05) is 27.7 Å². The summed E-state index contributed by atoms with van der Waals surface area (Å²) >= 11 is 0. The topological polar surface area (TPSA) is 759 Å². The Morgan fingerprint density at radius 1 is 0.241 bits per heavy atom. The Kier molecular flexibility index (Phi) is 33.2. The highest BCUT2D eigenvalue weighted by Gasteiger charge is 2.61. The molecule has 0 saturated carbocycles. The molecular formula is C63H106N4O45. The molecule has 112 heavy (non-hydrogen) atoms. The molecule has 4 amide bonds. The fourth-order valence-electron chi connectivity index (χ4n) is 14.7. The average Bonchev–Trinajstić information content (AvgIpc) is 0.983. The third-order valence-electron chi connectivity index (χ3n) is 20.6. The molecule has 28 N–H and O–H groups in total. The number of aliphatic hydroxyl groups is 24. The normalized spacial score (nSPS) is 48.9. The van der Waals surface area contributed by atoms with Crippen molar-refractivity contribution < 1.29 is 222 Å². The number of nitrogens with one attached hydrogen (secondary N) is 4. The minimum absolute atomic E-state index is 0.628. The Bertz CT molecular complexity index is 2970. The van der Waals surface area contributed by atoms with Crippen molar-refractivity contribution in [3.8, 4) is 0 Å². The van der Waals surface area contributed by atoms with Crippen LogP contribution in [-0.2, 0) is 99.7 Å². The van der Waals surface area contributed by atoms with Crippen molar-refractivity contribution in [3.63, 3.8) is 0 Å². The first-order valence-electron chi connectivity index (χ1n) is 36.0. The summed E-state index contributed by atoms with van der Waals surface area (Å²) in [5.74, 6) is -3.40. The second-order valence-electron chi connectivity index (χ2n) is 28.5. The zero-order valence-corrected chi connectivity index (χ0v) is 60.7. The van der Waals surface area contributed by atoms with Gasteiger partial charge in [-0.05, 0) is 6.92 Å². The molecule has 0 bridgehead atoms. The second kappa shape index (κ2) is 40.3. The van der Waals surface area contributed by atoms with Crippen LogP contribution in [0, 0.1) is 0 Å². The molecule has 0 spiro atoms. The van der Waals surface area contributed by atoms with E-state index in [1.165, 1.54) is 6.92 Å². The molecule has 0 aromatic rings. The molecule has 0 aromatic carbocycles. The van der Waals surface area contributed by atoms with Gasteiger partial charge >= 0.3 is 0 Å². The summed E-state index contributed by atoms with van der Waals surface area (Å²) in [6.07, 6.45) is -82.9. The van der Waals surface area contributed by atoms with Crippen LogP contribution in [0.2, 0.25) is 0 Å². The standard InChI is InChI=1S/C63H106N4O45/c1-15-29(64-16(2)76)38(85)49(24(10-72)97-15)106-56-30(65-17(3)77)39(86)52(27(13-75)102-56)109-61-48(95)53(110-63-55(45(92)36(83)23(9-71)101-63)112-58-32(67-19(5)79)41(88)51(26(12-74)104-58)108-60-47(94)43(90)34(81)21(7-69)99-60)37(84)28(105-61)14-96-62-54(44(91)35(82)22(8-70)100-62)111-57-31(66-18(4)78)40(87)50(25(11-73)103-57)107-59-46(93)42(89)33(80)20(6-68)98-59/h15,20-63,68-75,80-95H,6-14H2,1-5H3,(H,64,76)(H,65,77)(H,66,78)(H,67,79)/t15-,20?,21?,22?,23+,24?,25+,26?,27?,28?,29?,30?,31?,32?,33-,34-,35-,36-,37-,38+,39+,40?,41+,42-,43-,44-,45?,46?,47?,48?,49-,50+,51-,52-,53-,54?,55?,56-,57+,58-,59-,60-,61-,62+,63-/m0/s1. The molecule has 0 radical (unpaired) electrons. The van der Waals surface area contributed by atoms with Gasteiger partial charge in [0.2, 0.25) is 23.6 Å². The van der Waals surface area contributed by atoms with Gasteiger partial charge in [0.15, 0.2) is 50.3 Å². The maximum atomic E-state index is 13.0. The van der Waals surface area contributed by atoms with Crippen LogP contribution in [0.1, 0.15) is 34.6 Å². The van der Waals surface area contributed by atoms with Crippen LogP contribution in [0.25, 0.3) is 0 Å². The van der Waals surface area contributed by atoms with Gasteiger partial charge in [-0.15, -0.1) is 0 Å². The van der Waals surface area contributed by atoms with E-state index in [1.54, 1.807) is 0 Å². The van der Waals surface area contributed by atoms with Gasteiger partial charge in [-0.25, -0.2) is 0 Å². The SMILES string of the molecule is CC(=O)NC1C(O)[C@H](O[C@@H]2OC(CO)[C@H](O)[C@H](O)C2O)[C@@H](CO)O[C@@H]1OC1[C@H](OCC2O[C@@H](O[C@H]3C(CO)O[C@@H](O[C@H]4C(CO)O[C@@H](C)C(NC(C)=O)[C@H]4O)C(NC(C)=O)[C@H]3O)C(O)[C@@H](O[C@@H]3O[C@H](CO)[C@H](O)C(O)C3O[C@@H]3OC(CO)[C@H](O[C@@H]4OC(CO)[C@H](O)[C@H](O)C4O)[C@H](O)C3NC(C)=O)[C@H]2O)OC(CO)[C@H](O)[C@@H]1O. The maximum absolute atomic E-state index is 13.0. The van der Waals surface area contributed by atoms with E-state index in [4.69, 9.17) is 80.5 Å². The third kappa shape index (κ3) is 20.2. The molecule has 45 atom stereocenters. The zero-order chi connectivity index (χ0) is 82.5. The van der Waals surface area contributed by atoms with Gasteiger partial charge in [-0.2, -0.15) is 0 Å². The molecule has 9 saturated heterocycles. The second-order valence-corrected chi connectivity index (χ2v) is 28.5. The average molecular weight is 1640 g/mol. The van der Waals surface area contributed by atoms with Crippen LogP contribution >= 0.6 is 0 Å². The van der Waals surface area contributed by atoms with Crippen molar-refractivity contribution >= 4 is 23.6 Å². The monoisotopic (exact) mass is 1640 g/mol. The molecule has 648 valence electrons. The summed E-state index contributed by atoms with van der Waals surface area (Å²) in [4.78, 5) is 51.1. The minimum atomic E-state index is -2.55. The van der Waals surface area contributed by atoms with E-state index in [9.17, 15) is 142 Å². The quantitative estimate of drug-likeness (QED) is 0.0331. The van der Waals surface area contributed by atoms with E-state index < -0.39 is 359 Å². The van der Waals surface area contributed by atoms with Crippen LogP contribution in [-0.4, -0.2) is 482 Å². The van der Waals surface area contributed by atoms with E-state index >= 15 is 0 Å². The first kappa shape index (κ1) is 92.1. The highest BCUT2D eigenvalue weighted by atomic mass is 16.8. The number of rotatable bonds is 29. The number of aliphatic hydroxyl groups excluding tert-OH is 24. The summed E-state index contributed by atoms with van der Waals surface area (Å²) in [7, 11) is 0. The predicted molar refractivity (Wildman–Crippen MR) is 347 cm³/mol. The van der Waals surface area contributed by atoms with Crippen LogP contribution in [0.15, 0.2) is 0 Å². The number of hydrogen-bond donors (Lipinski definition) is 28. The van der Waals surface area contributed by atoms with Crippen LogP contribution in [0.4, 0.5) is 0 Å². The molecule has 49 nitrogen and oxygen atoms in total. The molecule has 9 heterocycles. The van der Waals surface area contributed by atoms with Crippen molar-refractivity contribution in [2.75, 3.05) is 59.5 Å². The smallest absolute Gasteiger partial charge is 0.217 e. The van der Waals surface area contributed by atoms with Crippen LogP contribution in [0.3, 0.4) is 0 Å². The lowest BCUT2D eigenvalue weighted by Gasteiger charge is -2.51. The van der Waals surface area contributed by atoms with Gasteiger partial charge in [0.1, 0.15) is 213 Å². The molecule has 0 aromatic heterocycles. The Morgan fingerprint density at radius 2 is 0.491 bits per heavy atom. The number of hydrogen-bond acceptors (Lipinski definition) is 45. The summed E-state index contributed by atoms with van der Waals surface area (Å²) < 4.78 is 101. The van der Waals surface area contributed by atoms with Gasteiger partial charge in [-0.3, -0.25) is 19.2 Å². The number of amides is 4. The summed E-state index contributed by atoms with van der Waals surface area (Å²) in [6.45, 7) is -4.12. The largest absolute Gasteiger partial charge is 0.394 e. The van der Waals surface area contributed by atoms with Gasteiger partial charge in [-0.1, -0.05) is 0 Å². The molecule has 0 aliphatic carbocycles. The lowest BCUT2D eigenvalue weighted by atomic mass is 9.92. The fraction of sp³-hybridized carbons (Fsp3) is 0.937. The van der Waals surface area contributed by atoms with E-state index in [1.807, 2.05) is 0 Å². The predicted octanol–water partition coefficient (Wildman–Crippen LogP) is -19.0. The molecule has 18 unspecified atom stereocenters. The van der Waals surface area contributed by atoms with Crippen LogP contribution < -0.4 is 21.3 Å². The lowest BCUT2D eigenvalue weighted by molar-refractivity contribution is -0.398. The molecule has 9 aliphatic heterocycles. The summed E-state index contributed by atoms with van der Waals surface area (Å²) in [5.41, 5.74) is 0. The molecular weight excluding hydrogens is 1530 g/mol. The highest BCUT2D eigenvalue weighted by molar-refractivity contribution is 5.74. The Balaban J connectivity index is 1.05. The zero-order valence-electron chi connectivity index (χ0n) is 60.7. The van der Waals surface area contributed by atoms with Crippen molar-refractivity contribution in [2.45, 2.75) is 311 Å². The van der Waals surface area contributed by atoms with Gasteiger partial charge < -0.3 is 224 Å². The highest BCUT2D eigenvalue weighted by Crippen LogP contribution is 2.40. The molecule has 49 heteroatoms. The van der Waals surface area contributed by atoms with E-state index in [0.29, 0.717) is 0 Å². The first-order chi connectivity index (χ1) is 53.0. The van der Waals surface area contributed by atoms with Crippen molar-refractivity contribution in [3.05, 3.63) is 0 Å². The van der Waals surface area contributed by atoms with Gasteiger partial charge in [0.25, 0.3) is 0 Å². The number of carbonyl (C=O) groups excluding carboxylic acids is 4. The van der Waals surface area contributed by atoms with Crippen LogP contribution in [0.5, 0.6) is 0 Å². The molecule has 9 rings (SSSR count). The Labute approximate surface area is 635 Å². The van der Waals surface area contributed by atoms with E-state index in [-0.39, 0.29) is 0 Å². The van der Waals surface area contributed by atoms with Crippen molar-refractivity contribution in [1.82, 2.24) is 21.3 Å². The van der Waals surface area contributed by atoms with E-state index in [2.05, 4.69) is 21.3 Å². The summed E-state index contributed by atoms with van der Waals surface area (Å²) in [6, 6.07) is -6.90. The third-order valence-corrected chi connectivity index (χ3v) is 20.6. The molecule has 9 aliphatic rings. The number of ether oxygens (including phenoxy) is 17. The minimum Gasteiger partial charge on any atom is -0.394 e.